The van der Waals surface area contributed by atoms with Crippen LogP contribution in [-0.2, 0) is 6.42 Å². The standard InChI is InChI=1S/C18H17NO.C4H8N2/c1-3-14-12-15-10-9-13(2)11-17(15)19(18(14)20)16-7-5-4-6-8-16;1-3-6-4-5-2/h4-12H,3H2,1-2H3;3-4H,1-2H3. The van der Waals surface area contributed by atoms with Crippen LogP contribution in [0.2, 0.25) is 0 Å². The zero-order chi connectivity index (χ0) is 18.9. The Hall–Kier alpha value is -3.01. The van der Waals surface area contributed by atoms with Crippen molar-refractivity contribution < 1.29 is 0 Å². The van der Waals surface area contributed by atoms with Crippen molar-refractivity contribution in [1.82, 2.24) is 4.57 Å². The summed E-state index contributed by atoms with van der Waals surface area (Å²) < 4.78 is 1.82. The highest BCUT2D eigenvalue weighted by molar-refractivity contribution is 5.82. The molecule has 0 aliphatic rings. The smallest absolute Gasteiger partial charge is 0.258 e. The minimum absolute atomic E-state index is 0.0804. The van der Waals surface area contributed by atoms with E-state index in [1.807, 2.05) is 61.7 Å². The van der Waals surface area contributed by atoms with Crippen LogP contribution < -0.4 is 5.56 Å². The Kier molecular flexibility index (Phi) is 7.03. The Labute approximate surface area is 154 Å². The number of aryl methyl sites for hydroxylation is 2. The molecular weight excluding hydrogens is 322 g/mol. The van der Waals surface area contributed by atoms with Gasteiger partial charge in [0.1, 0.15) is 6.34 Å². The third-order valence-electron chi connectivity index (χ3n) is 3.96. The van der Waals surface area contributed by atoms with Crippen LogP contribution in [0.25, 0.3) is 16.6 Å². The lowest BCUT2D eigenvalue weighted by molar-refractivity contribution is 0.978. The first-order valence-electron chi connectivity index (χ1n) is 8.71. The Balaban J connectivity index is 0.000000352. The largest absolute Gasteiger partial charge is 0.277 e. The predicted octanol–water partition coefficient (Wildman–Crippen LogP) is 4.60. The fourth-order valence-electron chi connectivity index (χ4n) is 2.69. The van der Waals surface area contributed by atoms with E-state index in [1.165, 1.54) is 6.34 Å². The lowest BCUT2D eigenvalue weighted by Gasteiger charge is -2.13. The molecule has 4 heteroatoms. The van der Waals surface area contributed by atoms with Crippen LogP contribution in [0.4, 0.5) is 0 Å². The van der Waals surface area contributed by atoms with Crippen molar-refractivity contribution in [2.24, 2.45) is 9.98 Å². The number of pyridine rings is 1. The van der Waals surface area contributed by atoms with Gasteiger partial charge < -0.3 is 0 Å². The second-order valence-electron chi connectivity index (χ2n) is 5.84. The molecule has 0 amide bonds. The second kappa shape index (κ2) is 9.47. The van der Waals surface area contributed by atoms with Gasteiger partial charge in [-0.2, -0.15) is 0 Å². The zero-order valence-electron chi connectivity index (χ0n) is 15.8. The molecule has 0 saturated heterocycles. The summed E-state index contributed by atoms with van der Waals surface area (Å²) in [6, 6.07) is 18.1. The van der Waals surface area contributed by atoms with Crippen molar-refractivity contribution in [3.05, 3.63) is 76.1 Å². The van der Waals surface area contributed by atoms with Gasteiger partial charge in [0.2, 0.25) is 0 Å². The quantitative estimate of drug-likeness (QED) is 0.504. The Morgan fingerprint density at radius 1 is 1.08 bits per heavy atom. The summed E-state index contributed by atoms with van der Waals surface area (Å²) in [5.41, 5.74) is 3.98. The van der Waals surface area contributed by atoms with Crippen molar-refractivity contribution >= 4 is 23.5 Å². The number of benzene rings is 2. The summed E-state index contributed by atoms with van der Waals surface area (Å²) in [7, 11) is 1.69. The molecule has 1 heterocycles. The van der Waals surface area contributed by atoms with Crippen LogP contribution in [0.3, 0.4) is 0 Å². The topological polar surface area (TPSA) is 46.7 Å². The molecule has 3 rings (SSSR count). The maximum Gasteiger partial charge on any atom is 0.258 e. The van der Waals surface area contributed by atoms with Crippen molar-refractivity contribution in [3.63, 3.8) is 0 Å². The fraction of sp³-hybridized carbons (Fsp3) is 0.227. The maximum atomic E-state index is 12.7. The third-order valence-corrected chi connectivity index (χ3v) is 3.96. The van der Waals surface area contributed by atoms with Gasteiger partial charge in [-0.25, -0.2) is 0 Å². The summed E-state index contributed by atoms with van der Waals surface area (Å²) in [4.78, 5) is 20.0. The molecule has 0 radical (unpaired) electrons. The number of hydrogen-bond donors (Lipinski definition) is 0. The third kappa shape index (κ3) is 4.54. The molecule has 0 bridgehead atoms. The number of fused-ring (bicyclic) bond motifs is 1. The molecule has 0 spiro atoms. The molecule has 2 aromatic carbocycles. The predicted molar refractivity (Wildman–Crippen MR) is 112 cm³/mol. The van der Waals surface area contributed by atoms with Gasteiger partial charge in [-0.1, -0.05) is 37.3 Å². The van der Waals surface area contributed by atoms with E-state index in [4.69, 9.17) is 0 Å². The lowest BCUT2D eigenvalue weighted by Crippen LogP contribution is -2.22. The molecule has 0 saturated carbocycles. The molecule has 0 unspecified atom stereocenters. The highest BCUT2D eigenvalue weighted by Crippen LogP contribution is 2.19. The number of aromatic nitrogens is 1. The first-order valence-corrected chi connectivity index (χ1v) is 8.71. The molecule has 1 aromatic heterocycles. The second-order valence-corrected chi connectivity index (χ2v) is 5.84. The molecule has 3 aromatic rings. The van der Waals surface area contributed by atoms with Crippen molar-refractivity contribution in [1.29, 1.82) is 0 Å². The molecule has 0 N–H and O–H groups in total. The fourth-order valence-corrected chi connectivity index (χ4v) is 2.69. The molecule has 0 aliphatic heterocycles. The molecular formula is C22H25N3O. The van der Waals surface area contributed by atoms with Gasteiger partial charge in [0.05, 0.1) is 5.52 Å². The Bertz CT molecular complexity index is 960. The summed E-state index contributed by atoms with van der Waals surface area (Å²) in [5, 5.41) is 1.11. The number of rotatable bonds is 3. The summed E-state index contributed by atoms with van der Waals surface area (Å²) >= 11 is 0. The maximum absolute atomic E-state index is 12.7. The SMILES string of the molecule is CC=NC=NC.CCc1cc2ccc(C)cc2n(-c2ccccc2)c1=O. The first-order chi connectivity index (χ1) is 12.6. The van der Waals surface area contributed by atoms with Gasteiger partial charge >= 0.3 is 0 Å². The Morgan fingerprint density at radius 2 is 1.81 bits per heavy atom. The van der Waals surface area contributed by atoms with Crippen LogP contribution in [0.1, 0.15) is 25.0 Å². The normalized spacial score (nSPS) is 11.1. The van der Waals surface area contributed by atoms with E-state index in [-0.39, 0.29) is 5.56 Å². The molecule has 0 atom stereocenters. The van der Waals surface area contributed by atoms with Gasteiger partial charge in [0, 0.05) is 24.5 Å². The summed E-state index contributed by atoms with van der Waals surface area (Å²) in [6.07, 6.45) is 3.93. The van der Waals surface area contributed by atoms with Crippen molar-refractivity contribution in [2.75, 3.05) is 7.05 Å². The highest BCUT2D eigenvalue weighted by Gasteiger charge is 2.09. The van der Waals surface area contributed by atoms with Gasteiger partial charge in [0.25, 0.3) is 5.56 Å². The molecule has 0 fully saturated rings. The van der Waals surface area contributed by atoms with Gasteiger partial charge in [-0.3, -0.25) is 19.3 Å². The summed E-state index contributed by atoms with van der Waals surface area (Å²) in [5.74, 6) is 0. The Morgan fingerprint density at radius 3 is 2.38 bits per heavy atom. The van der Waals surface area contributed by atoms with Gasteiger partial charge in [-0.15, -0.1) is 0 Å². The zero-order valence-corrected chi connectivity index (χ0v) is 15.8. The van der Waals surface area contributed by atoms with Crippen LogP contribution in [0.5, 0.6) is 0 Å². The minimum Gasteiger partial charge on any atom is -0.277 e. The highest BCUT2D eigenvalue weighted by atomic mass is 16.1. The van der Waals surface area contributed by atoms with Crippen LogP contribution in [0.15, 0.2) is 69.4 Å². The molecule has 134 valence electrons. The molecule has 4 nitrogen and oxygen atoms in total. The van der Waals surface area contributed by atoms with E-state index in [0.29, 0.717) is 0 Å². The van der Waals surface area contributed by atoms with Gasteiger partial charge in [0.15, 0.2) is 0 Å². The average molecular weight is 347 g/mol. The number of aliphatic imine (C=N–C) groups is 2. The van der Waals surface area contributed by atoms with Gasteiger partial charge in [-0.05, 0) is 55.5 Å². The van der Waals surface area contributed by atoms with Crippen molar-refractivity contribution in [2.45, 2.75) is 27.2 Å². The van der Waals surface area contributed by atoms with E-state index in [2.05, 4.69) is 28.2 Å². The van der Waals surface area contributed by atoms with Crippen LogP contribution >= 0.6 is 0 Å². The monoisotopic (exact) mass is 347 g/mol. The van der Waals surface area contributed by atoms with E-state index in [9.17, 15) is 4.79 Å². The van der Waals surface area contributed by atoms with E-state index in [0.717, 1.165) is 34.1 Å². The van der Waals surface area contributed by atoms with E-state index < -0.39 is 0 Å². The van der Waals surface area contributed by atoms with Crippen molar-refractivity contribution in [3.8, 4) is 5.69 Å². The van der Waals surface area contributed by atoms with Crippen LogP contribution in [0, 0.1) is 6.92 Å². The number of para-hydroxylation sites is 1. The first kappa shape index (κ1) is 19.3. The average Bonchev–Trinajstić information content (AvgIpc) is 2.67. The molecule has 0 aliphatic carbocycles. The minimum atomic E-state index is 0.0804. The lowest BCUT2D eigenvalue weighted by atomic mass is 10.1. The van der Waals surface area contributed by atoms with E-state index >= 15 is 0 Å². The van der Waals surface area contributed by atoms with Crippen LogP contribution in [-0.4, -0.2) is 24.2 Å². The summed E-state index contributed by atoms with van der Waals surface area (Å²) in [6.45, 7) is 5.92. The number of hydrogen-bond acceptors (Lipinski definition) is 2. The number of nitrogens with zero attached hydrogens (tertiary/aromatic N) is 3. The van der Waals surface area contributed by atoms with E-state index in [1.54, 1.807) is 13.3 Å². The molecule has 26 heavy (non-hydrogen) atoms.